The Morgan fingerprint density at radius 1 is 1.35 bits per heavy atom. The number of aliphatic carboxylic acids is 1. The van der Waals surface area contributed by atoms with E-state index in [2.05, 4.69) is 11.9 Å². The molecule has 0 bridgehead atoms. The molecule has 5 nitrogen and oxygen atoms in total. The molecule has 1 unspecified atom stereocenters. The van der Waals surface area contributed by atoms with Crippen LogP contribution in [0, 0.1) is 0 Å². The summed E-state index contributed by atoms with van der Waals surface area (Å²) in [5.74, 6) is -1.47. The van der Waals surface area contributed by atoms with Gasteiger partial charge in [0, 0.05) is 6.42 Å². The summed E-state index contributed by atoms with van der Waals surface area (Å²) in [5.41, 5.74) is 0.969. The molecule has 7 heteroatoms. The number of benzene rings is 1. The number of nitrogens with one attached hydrogen (secondary N) is 1. The Morgan fingerprint density at radius 2 is 2.09 bits per heavy atom. The fourth-order valence-corrected chi connectivity index (χ4v) is 2.18. The van der Waals surface area contributed by atoms with Crippen molar-refractivity contribution < 1.29 is 19.4 Å². The Labute approximate surface area is 145 Å². The Hall–Kier alpha value is -1.56. The van der Waals surface area contributed by atoms with Crippen molar-refractivity contribution >= 4 is 35.1 Å². The van der Waals surface area contributed by atoms with Crippen molar-refractivity contribution in [1.82, 2.24) is 5.32 Å². The summed E-state index contributed by atoms with van der Waals surface area (Å²) in [7, 11) is 0. The number of aryl methyl sites for hydroxylation is 1. The molecule has 2 N–H and O–H groups in total. The highest BCUT2D eigenvalue weighted by atomic mass is 35.5. The number of rotatable bonds is 10. The third-order valence-electron chi connectivity index (χ3n) is 3.01. The van der Waals surface area contributed by atoms with Crippen molar-refractivity contribution in [1.29, 1.82) is 0 Å². The van der Waals surface area contributed by atoms with Gasteiger partial charge in [0.1, 0.15) is 0 Å². The van der Waals surface area contributed by atoms with Crippen molar-refractivity contribution in [3.05, 3.63) is 46.5 Å². The van der Waals surface area contributed by atoms with E-state index >= 15 is 0 Å². The number of carbonyl (C=O) groups excluding carboxylic acids is 1. The van der Waals surface area contributed by atoms with Crippen LogP contribution in [0.2, 0.25) is 10.0 Å². The van der Waals surface area contributed by atoms with Crippen LogP contribution in [0.5, 0.6) is 0 Å². The molecule has 0 saturated carbocycles. The van der Waals surface area contributed by atoms with E-state index in [1.807, 2.05) is 6.07 Å². The topological polar surface area (TPSA) is 75.6 Å². The van der Waals surface area contributed by atoms with Crippen molar-refractivity contribution in [3.8, 4) is 0 Å². The lowest BCUT2D eigenvalue weighted by Gasteiger charge is -2.14. The minimum absolute atomic E-state index is 0.0973. The lowest BCUT2D eigenvalue weighted by molar-refractivity contribution is -0.143. The Kier molecular flexibility index (Phi) is 8.69. The zero-order valence-electron chi connectivity index (χ0n) is 12.6. The first-order valence-corrected chi connectivity index (χ1v) is 7.84. The number of carboxylic acids is 1. The molecule has 0 aliphatic rings. The number of carboxylic acid groups (broad SMARTS) is 1. The number of carbonyl (C=O) groups is 2. The van der Waals surface area contributed by atoms with E-state index in [1.54, 1.807) is 12.1 Å². The van der Waals surface area contributed by atoms with Crippen LogP contribution in [0.4, 0.5) is 0 Å². The highest BCUT2D eigenvalue weighted by Gasteiger charge is 2.19. The quantitative estimate of drug-likeness (QED) is 0.497. The first-order chi connectivity index (χ1) is 10.9. The van der Waals surface area contributed by atoms with Crippen LogP contribution in [0.25, 0.3) is 0 Å². The van der Waals surface area contributed by atoms with Crippen LogP contribution in [-0.2, 0) is 20.7 Å². The number of hydrogen-bond donors (Lipinski definition) is 2. The van der Waals surface area contributed by atoms with E-state index in [-0.39, 0.29) is 25.5 Å². The number of ether oxygens (including phenoxy) is 1. The zero-order valence-corrected chi connectivity index (χ0v) is 14.1. The van der Waals surface area contributed by atoms with Crippen LogP contribution < -0.4 is 5.32 Å². The lowest BCUT2D eigenvalue weighted by Crippen LogP contribution is -2.44. The van der Waals surface area contributed by atoms with Gasteiger partial charge in [-0.25, -0.2) is 4.79 Å². The molecule has 0 aliphatic carbocycles. The van der Waals surface area contributed by atoms with Gasteiger partial charge >= 0.3 is 5.97 Å². The highest BCUT2D eigenvalue weighted by molar-refractivity contribution is 6.42. The van der Waals surface area contributed by atoms with Crippen LogP contribution in [0.1, 0.15) is 18.4 Å². The Balaban J connectivity index is 2.38. The maximum absolute atomic E-state index is 11.8. The van der Waals surface area contributed by atoms with E-state index in [0.29, 0.717) is 22.9 Å². The molecule has 1 rings (SSSR count). The summed E-state index contributed by atoms with van der Waals surface area (Å²) >= 11 is 11.8. The van der Waals surface area contributed by atoms with Gasteiger partial charge in [0.15, 0.2) is 6.04 Å². The van der Waals surface area contributed by atoms with Crippen molar-refractivity contribution in [2.24, 2.45) is 0 Å². The normalized spacial score (nSPS) is 11.7. The van der Waals surface area contributed by atoms with Gasteiger partial charge in [0.2, 0.25) is 5.91 Å². The van der Waals surface area contributed by atoms with E-state index in [9.17, 15) is 9.59 Å². The SMILES string of the molecule is C=CCOCC(NC(=O)CCCc1ccc(Cl)c(Cl)c1)C(=O)O. The third-order valence-corrected chi connectivity index (χ3v) is 3.75. The second kappa shape index (κ2) is 10.3. The maximum Gasteiger partial charge on any atom is 0.328 e. The number of hydrogen-bond acceptors (Lipinski definition) is 3. The van der Waals surface area contributed by atoms with E-state index in [1.165, 1.54) is 6.08 Å². The van der Waals surface area contributed by atoms with E-state index < -0.39 is 12.0 Å². The van der Waals surface area contributed by atoms with Crippen LogP contribution >= 0.6 is 23.2 Å². The van der Waals surface area contributed by atoms with Gasteiger partial charge in [0.25, 0.3) is 0 Å². The third kappa shape index (κ3) is 7.50. The molecule has 0 aliphatic heterocycles. The minimum Gasteiger partial charge on any atom is -0.480 e. The average Bonchev–Trinajstić information content (AvgIpc) is 2.50. The lowest BCUT2D eigenvalue weighted by atomic mass is 10.1. The summed E-state index contributed by atoms with van der Waals surface area (Å²) in [4.78, 5) is 22.9. The van der Waals surface area contributed by atoms with Gasteiger partial charge in [-0.15, -0.1) is 6.58 Å². The van der Waals surface area contributed by atoms with Crippen LogP contribution in [-0.4, -0.2) is 36.2 Å². The smallest absolute Gasteiger partial charge is 0.328 e. The van der Waals surface area contributed by atoms with Gasteiger partial charge in [-0.2, -0.15) is 0 Å². The zero-order chi connectivity index (χ0) is 17.2. The molecular weight excluding hydrogens is 341 g/mol. The molecule has 0 heterocycles. The van der Waals surface area contributed by atoms with Gasteiger partial charge in [0.05, 0.1) is 23.3 Å². The van der Waals surface area contributed by atoms with E-state index in [4.69, 9.17) is 33.0 Å². The highest BCUT2D eigenvalue weighted by Crippen LogP contribution is 2.23. The monoisotopic (exact) mass is 359 g/mol. The van der Waals surface area contributed by atoms with Gasteiger partial charge in [-0.1, -0.05) is 35.3 Å². The standard InChI is InChI=1S/C16H19Cl2NO4/c1-2-8-23-10-14(16(21)22)19-15(20)5-3-4-11-6-7-12(17)13(18)9-11/h2,6-7,9,14H,1,3-5,8,10H2,(H,19,20)(H,21,22). The average molecular weight is 360 g/mol. The first-order valence-electron chi connectivity index (χ1n) is 7.08. The molecule has 1 atom stereocenters. The Morgan fingerprint density at radius 3 is 2.70 bits per heavy atom. The molecule has 0 spiro atoms. The minimum atomic E-state index is -1.13. The second-order valence-corrected chi connectivity index (χ2v) is 5.70. The van der Waals surface area contributed by atoms with Crippen LogP contribution in [0.15, 0.2) is 30.9 Å². The van der Waals surface area contributed by atoms with Crippen molar-refractivity contribution in [2.45, 2.75) is 25.3 Å². The molecule has 0 saturated heterocycles. The summed E-state index contributed by atoms with van der Waals surface area (Å²) in [6.45, 7) is 3.60. The summed E-state index contributed by atoms with van der Waals surface area (Å²) < 4.78 is 5.06. The summed E-state index contributed by atoms with van der Waals surface area (Å²) in [5, 5.41) is 12.4. The summed E-state index contributed by atoms with van der Waals surface area (Å²) in [6.07, 6.45) is 2.95. The van der Waals surface area contributed by atoms with Crippen molar-refractivity contribution in [3.63, 3.8) is 0 Å². The predicted octanol–water partition coefficient (Wildman–Crippen LogP) is 3.09. The fourth-order valence-electron chi connectivity index (χ4n) is 1.86. The fraction of sp³-hybridized carbons (Fsp3) is 0.375. The Bertz CT molecular complexity index is 563. The molecule has 23 heavy (non-hydrogen) atoms. The van der Waals surface area contributed by atoms with E-state index in [0.717, 1.165) is 5.56 Å². The van der Waals surface area contributed by atoms with Gasteiger partial charge < -0.3 is 15.2 Å². The molecule has 1 aromatic carbocycles. The molecule has 0 aromatic heterocycles. The molecule has 1 amide bonds. The first kappa shape index (κ1) is 19.5. The molecule has 0 fully saturated rings. The molecular formula is C16H19Cl2NO4. The largest absolute Gasteiger partial charge is 0.480 e. The molecule has 0 radical (unpaired) electrons. The van der Waals surface area contributed by atoms with Gasteiger partial charge in [-0.05, 0) is 30.5 Å². The molecule has 1 aromatic rings. The summed E-state index contributed by atoms with van der Waals surface area (Å²) in [6, 6.07) is 4.24. The maximum atomic E-state index is 11.8. The van der Waals surface area contributed by atoms with Gasteiger partial charge in [-0.3, -0.25) is 4.79 Å². The van der Waals surface area contributed by atoms with Crippen LogP contribution in [0.3, 0.4) is 0 Å². The van der Waals surface area contributed by atoms with Crippen molar-refractivity contribution in [2.75, 3.05) is 13.2 Å². The second-order valence-electron chi connectivity index (χ2n) is 4.89. The number of amides is 1. The number of halogens is 2. The predicted molar refractivity (Wildman–Crippen MR) is 90.0 cm³/mol. The molecule has 126 valence electrons.